The Hall–Kier alpha value is -2.04. The van der Waals surface area contributed by atoms with Gasteiger partial charge in [-0.3, -0.25) is 0 Å². The summed E-state index contributed by atoms with van der Waals surface area (Å²) in [5.74, 6) is -0.213. The normalized spacial score (nSPS) is 12.7. The number of ether oxygens (including phenoxy) is 1. The zero-order valence-corrected chi connectivity index (χ0v) is 17.6. The van der Waals surface area contributed by atoms with Gasteiger partial charge >= 0.3 is 6.18 Å². The molecular formula is C19H20F3NO4S2. The molecule has 0 radical (unpaired) electrons. The molecule has 0 aliphatic carbocycles. The van der Waals surface area contributed by atoms with Crippen LogP contribution >= 0.6 is 12.2 Å². The zero-order chi connectivity index (χ0) is 22.0. The molecule has 0 amide bonds. The number of rotatable bonds is 6. The molecule has 1 heterocycles. The molecule has 5 nitrogen and oxygen atoms in total. The number of thiocarbonyl (C=S) groups is 1. The molecule has 0 saturated carbocycles. The topological polar surface area (TPSA) is 76.5 Å². The van der Waals surface area contributed by atoms with E-state index in [4.69, 9.17) is 17.0 Å². The molecule has 0 fully saturated rings. The van der Waals surface area contributed by atoms with E-state index in [1.165, 1.54) is 24.3 Å². The lowest BCUT2D eigenvalue weighted by Gasteiger charge is -2.26. The number of sulfone groups is 1. The number of hydrogen-bond donors (Lipinski definition) is 1. The summed E-state index contributed by atoms with van der Waals surface area (Å²) in [7, 11) is -3.47. The van der Waals surface area contributed by atoms with Gasteiger partial charge in [-0.1, -0.05) is 26.0 Å². The zero-order valence-electron chi connectivity index (χ0n) is 15.9. The van der Waals surface area contributed by atoms with Crippen molar-refractivity contribution in [3.05, 3.63) is 42.1 Å². The van der Waals surface area contributed by atoms with Gasteiger partial charge in [-0.25, -0.2) is 13.4 Å². The van der Waals surface area contributed by atoms with Crippen molar-refractivity contribution in [2.45, 2.75) is 43.4 Å². The van der Waals surface area contributed by atoms with Crippen LogP contribution in [-0.2, 0) is 16.0 Å². The second kappa shape index (κ2) is 8.37. The Kier molecular flexibility index (Phi) is 6.71. The summed E-state index contributed by atoms with van der Waals surface area (Å²) in [5.41, 5.74) is -2.21. The second-order valence-electron chi connectivity index (χ2n) is 6.50. The lowest BCUT2D eigenvalue weighted by atomic mass is 9.98. The van der Waals surface area contributed by atoms with Gasteiger partial charge in [0.15, 0.2) is 9.84 Å². The van der Waals surface area contributed by atoms with Crippen molar-refractivity contribution < 1.29 is 31.4 Å². The van der Waals surface area contributed by atoms with E-state index < -0.39 is 27.2 Å². The average Bonchev–Trinajstić information content (AvgIpc) is 2.66. The number of aliphatic hydroxyl groups is 1. The minimum Gasteiger partial charge on any atom is -0.428 e. The first-order valence-electron chi connectivity index (χ1n) is 8.64. The summed E-state index contributed by atoms with van der Waals surface area (Å²) in [6.45, 7) is 3.40. The van der Waals surface area contributed by atoms with Crippen LogP contribution in [-0.4, -0.2) is 35.4 Å². The Morgan fingerprint density at radius 3 is 2.17 bits per heavy atom. The van der Waals surface area contributed by atoms with E-state index in [1.54, 1.807) is 13.8 Å². The molecule has 0 bridgehead atoms. The largest absolute Gasteiger partial charge is 0.428 e. The molecule has 1 N–H and O–H groups in total. The standard InChI is InChI=1S/C19H20F3NO4S2/c1-4-18(24,5-2)17(28)27-16-15(10-13(11-23-16)19(20,21)22)12-6-8-14(9-7-12)29(3,25)26/h6-11,24H,4-5H2,1-3H3. The fraction of sp³-hybridized carbons (Fsp3) is 0.368. The summed E-state index contributed by atoms with van der Waals surface area (Å²) < 4.78 is 68.3. The van der Waals surface area contributed by atoms with Gasteiger partial charge in [0, 0.05) is 18.0 Å². The number of alkyl halides is 3. The van der Waals surface area contributed by atoms with E-state index in [0.717, 1.165) is 12.3 Å². The molecule has 10 heteroatoms. The van der Waals surface area contributed by atoms with Crippen LogP contribution in [0.5, 0.6) is 5.88 Å². The van der Waals surface area contributed by atoms with E-state index in [9.17, 15) is 26.7 Å². The lowest BCUT2D eigenvalue weighted by molar-refractivity contribution is -0.137. The maximum absolute atomic E-state index is 13.2. The van der Waals surface area contributed by atoms with Gasteiger partial charge in [0.2, 0.25) is 10.9 Å². The van der Waals surface area contributed by atoms with Crippen LogP contribution in [0.2, 0.25) is 0 Å². The molecule has 2 rings (SSSR count). The first-order valence-corrected chi connectivity index (χ1v) is 10.9. The van der Waals surface area contributed by atoms with Crippen LogP contribution in [0.3, 0.4) is 0 Å². The van der Waals surface area contributed by atoms with Gasteiger partial charge in [-0.2, -0.15) is 13.2 Å². The van der Waals surface area contributed by atoms with Gasteiger partial charge in [0.1, 0.15) is 5.60 Å². The number of aromatic nitrogens is 1. The molecule has 1 aromatic carbocycles. The molecule has 0 saturated heterocycles. The van der Waals surface area contributed by atoms with Crippen LogP contribution < -0.4 is 4.74 Å². The van der Waals surface area contributed by atoms with Crippen LogP contribution in [0.1, 0.15) is 32.3 Å². The van der Waals surface area contributed by atoms with Crippen molar-refractivity contribution in [2.24, 2.45) is 0 Å². The number of benzene rings is 1. The highest BCUT2D eigenvalue weighted by Gasteiger charge is 2.34. The molecule has 1 aromatic heterocycles. The summed E-state index contributed by atoms with van der Waals surface area (Å²) in [5, 5.41) is 10.3. The number of pyridine rings is 1. The first kappa shape index (κ1) is 23.2. The summed E-state index contributed by atoms with van der Waals surface area (Å²) in [4.78, 5) is 3.77. The summed E-state index contributed by atoms with van der Waals surface area (Å²) >= 11 is 5.14. The Labute approximate surface area is 172 Å². The smallest absolute Gasteiger partial charge is 0.417 e. The molecule has 2 aromatic rings. The fourth-order valence-electron chi connectivity index (χ4n) is 2.50. The molecule has 0 spiro atoms. The maximum atomic E-state index is 13.2. The molecule has 0 aliphatic heterocycles. The third kappa shape index (κ3) is 5.31. The predicted molar refractivity (Wildman–Crippen MR) is 107 cm³/mol. The quantitative estimate of drug-likeness (QED) is 0.661. The van der Waals surface area contributed by atoms with E-state index in [2.05, 4.69) is 4.98 Å². The molecule has 0 unspecified atom stereocenters. The van der Waals surface area contributed by atoms with Crippen molar-refractivity contribution in [3.63, 3.8) is 0 Å². The van der Waals surface area contributed by atoms with Crippen LogP contribution in [0.4, 0.5) is 13.2 Å². The highest BCUT2D eigenvalue weighted by atomic mass is 32.2. The van der Waals surface area contributed by atoms with Crippen molar-refractivity contribution in [1.29, 1.82) is 0 Å². The van der Waals surface area contributed by atoms with Crippen LogP contribution in [0.15, 0.2) is 41.4 Å². The van der Waals surface area contributed by atoms with E-state index in [-0.39, 0.29) is 39.8 Å². The van der Waals surface area contributed by atoms with E-state index in [0.29, 0.717) is 6.20 Å². The Morgan fingerprint density at radius 1 is 1.17 bits per heavy atom. The van der Waals surface area contributed by atoms with Crippen LogP contribution in [0.25, 0.3) is 11.1 Å². The van der Waals surface area contributed by atoms with Gasteiger partial charge in [-0.15, -0.1) is 0 Å². The maximum Gasteiger partial charge on any atom is 0.417 e. The summed E-state index contributed by atoms with van der Waals surface area (Å²) in [6.07, 6.45) is -2.50. The molecule has 0 aliphatic rings. The SMILES string of the molecule is CCC(O)(CC)C(=S)Oc1ncc(C(F)(F)F)cc1-c1ccc(S(C)(=O)=O)cc1. The lowest BCUT2D eigenvalue weighted by Crippen LogP contribution is -2.39. The minimum absolute atomic E-state index is 0.0190. The van der Waals surface area contributed by atoms with Crippen molar-refractivity contribution in [2.75, 3.05) is 6.26 Å². The highest BCUT2D eigenvalue weighted by Crippen LogP contribution is 2.36. The molecule has 29 heavy (non-hydrogen) atoms. The number of hydrogen-bond acceptors (Lipinski definition) is 6. The Bertz CT molecular complexity index is 999. The van der Waals surface area contributed by atoms with Crippen LogP contribution in [0, 0.1) is 0 Å². The fourth-order valence-corrected chi connectivity index (χ4v) is 3.50. The average molecular weight is 448 g/mol. The number of nitrogens with zero attached hydrogens (tertiary/aromatic N) is 1. The Balaban J connectivity index is 2.57. The second-order valence-corrected chi connectivity index (χ2v) is 8.89. The Morgan fingerprint density at radius 2 is 1.72 bits per heavy atom. The summed E-state index contributed by atoms with van der Waals surface area (Å²) in [6, 6.07) is 6.12. The minimum atomic E-state index is -4.64. The highest BCUT2D eigenvalue weighted by molar-refractivity contribution is 7.90. The molecule has 158 valence electrons. The van der Waals surface area contributed by atoms with E-state index in [1.807, 2.05) is 0 Å². The van der Waals surface area contributed by atoms with Gasteiger partial charge in [0.05, 0.1) is 10.5 Å². The third-order valence-electron chi connectivity index (χ3n) is 4.51. The molecule has 0 atom stereocenters. The van der Waals surface area contributed by atoms with E-state index >= 15 is 0 Å². The number of halogens is 3. The van der Waals surface area contributed by atoms with Crippen molar-refractivity contribution in [1.82, 2.24) is 4.98 Å². The van der Waals surface area contributed by atoms with Gasteiger partial charge < -0.3 is 9.84 Å². The van der Waals surface area contributed by atoms with Gasteiger partial charge in [0.25, 0.3) is 0 Å². The van der Waals surface area contributed by atoms with Crippen molar-refractivity contribution in [3.8, 4) is 17.0 Å². The molecular weight excluding hydrogens is 427 g/mol. The predicted octanol–water partition coefficient (Wildman–Crippen LogP) is 4.43. The van der Waals surface area contributed by atoms with Gasteiger partial charge in [-0.05, 0) is 48.8 Å². The first-order chi connectivity index (χ1) is 13.3. The third-order valence-corrected chi connectivity index (χ3v) is 6.10. The monoisotopic (exact) mass is 447 g/mol. The van der Waals surface area contributed by atoms with Crippen molar-refractivity contribution >= 4 is 27.1 Å².